The smallest absolute Gasteiger partial charge is 0.116 e. The van der Waals surface area contributed by atoms with E-state index in [0.717, 1.165) is 11.8 Å². The number of fused-ring (bicyclic) bond motifs is 7. The van der Waals surface area contributed by atoms with Gasteiger partial charge < -0.3 is 10.1 Å². The Bertz CT molecular complexity index is 1480. The van der Waals surface area contributed by atoms with Crippen LogP contribution in [-0.4, -0.2) is 10.1 Å². The summed E-state index contributed by atoms with van der Waals surface area (Å²) in [5.74, 6) is 0.348. The van der Waals surface area contributed by atoms with Crippen LogP contribution in [0.2, 0.25) is 0 Å². The molecule has 2 N–H and O–H groups in total. The van der Waals surface area contributed by atoms with E-state index in [1.165, 1.54) is 63.2 Å². The number of hydrogen-bond acceptors (Lipinski definition) is 1. The number of phenolic OH excluding ortho intramolecular Hbond substituents is 1. The summed E-state index contributed by atoms with van der Waals surface area (Å²) in [6, 6.07) is 26.8. The van der Waals surface area contributed by atoms with E-state index >= 15 is 0 Å². The van der Waals surface area contributed by atoms with Gasteiger partial charge in [-0.3, -0.25) is 0 Å². The van der Waals surface area contributed by atoms with Crippen LogP contribution in [0.3, 0.4) is 0 Å². The van der Waals surface area contributed by atoms with E-state index in [2.05, 4.69) is 83.9 Å². The summed E-state index contributed by atoms with van der Waals surface area (Å²) in [7, 11) is 0. The number of aromatic nitrogens is 1. The predicted molar refractivity (Wildman–Crippen MR) is 135 cm³/mol. The van der Waals surface area contributed by atoms with Crippen LogP contribution in [0.15, 0.2) is 96.6 Å². The quantitative estimate of drug-likeness (QED) is 0.265. The highest BCUT2D eigenvalue weighted by Gasteiger charge is 2.20. The Hall–Kier alpha value is -3.78. The molecule has 0 atom stereocenters. The zero-order valence-electron chi connectivity index (χ0n) is 17.9. The summed E-state index contributed by atoms with van der Waals surface area (Å²) >= 11 is 0. The van der Waals surface area contributed by atoms with Gasteiger partial charge in [-0.15, -0.1) is 0 Å². The third-order valence-corrected chi connectivity index (χ3v) is 6.77. The number of aromatic hydroxyl groups is 1. The van der Waals surface area contributed by atoms with Crippen LogP contribution >= 0.6 is 0 Å². The molecule has 0 saturated carbocycles. The first-order valence-electron chi connectivity index (χ1n) is 11.4. The lowest BCUT2D eigenvalue weighted by atomic mass is 9.79. The van der Waals surface area contributed by atoms with Crippen molar-refractivity contribution in [1.82, 2.24) is 4.98 Å². The molecular formula is C30H25NO. The third-order valence-electron chi connectivity index (χ3n) is 6.77. The predicted octanol–water partition coefficient (Wildman–Crippen LogP) is 7.92. The minimum Gasteiger partial charge on any atom is -0.508 e. The van der Waals surface area contributed by atoms with Crippen LogP contribution in [0, 0.1) is 0 Å². The molecule has 5 aromatic rings. The topological polar surface area (TPSA) is 36.0 Å². The maximum absolute atomic E-state index is 9.60. The molecule has 0 fully saturated rings. The Morgan fingerprint density at radius 2 is 1.44 bits per heavy atom. The lowest BCUT2D eigenvalue weighted by Gasteiger charge is -2.25. The van der Waals surface area contributed by atoms with E-state index in [-0.39, 0.29) is 0 Å². The average Bonchev–Trinajstić information content (AvgIpc) is 3.22. The fourth-order valence-corrected chi connectivity index (χ4v) is 5.23. The molecule has 2 aliphatic rings. The molecule has 156 valence electrons. The maximum atomic E-state index is 9.60. The van der Waals surface area contributed by atoms with Gasteiger partial charge in [0.25, 0.3) is 0 Å². The molecule has 4 aromatic carbocycles. The summed E-state index contributed by atoms with van der Waals surface area (Å²) in [6.45, 7) is 0. The normalized spacial score (nSPS) is 14.9. The van der Waals surface area contributed by atoms with Gasteiger partial charge in [0.1, 0.15) is 5.75 Å². The van der Waals surface area contributed by atoms with Crippen LogP contribution in [0.4, 0.5) is 0 Å². The van der Waals surface area contributed by atoms with Gasteiger partial charge in [0.15, 0.2) is 0 Å². The first-order valence-corrected chi connectivity index (χ1v) is 11.4. The number of rotatable bonds is 0. The van der Waals surface area contributed by atoms with Crippen molar-refractivity contribution in [2.75, 3.05) is 0 Å². The standard InChI is InChI=1S/C18H16O.C12H9N/c19-14-7-10-16-13(11-14)6-9-17-15-4-2-1-3-12(15)5-8-18(16)17;1-3-7-11-9(5-1)10-6-2-4-8-12(10)13-11/h2,4,6-7,9-11,19H,1,3,5,8H2;1-8,13H. The Labute approximate surface area is 187 Å². The summed E-state index contributed by atoms with van der Waals surface area (Å²) < 4.78 is 0. The van der Waals surface area contributed by atoms with E-state index in [0.29, 0.717) is 5.75 Å². The minimum atomic E-state index is 0.348. The van der Waals surface area contributed by atoms with Crippen molar-refractivity contribution in [2.24, 2.45) is 0 Å². The maximum Gasteiger partial charge on any atom is 0.116 e. The van der Waals surface area contributed by atoms with Crippen molar-refractivity contribution in [2.45, 2.75) is 25.7 Å². The number of H-pyrrole nitrogens is 1. The Morgan fingerprint density at radius 1 is 0.688 bits per heavy atom. The van der Waals surface area contributed by atoms with Crippen LogP contribution in [0.25, 0.3) is 38.2 Å². The average molecular weight is 416 g/mol. The van der Waals surface area contributed by atoms with Gasteiger partial charge in [-0.05, 0) is 77.4 Å². The van der Waals surface area contributed by atoms with E-state index in [4.69, 9.17) is 0 Å². The molecule has 32 heavy (non-hydrogen) atoms. The molecule has 7 rings (SSSR count). The lowest BCUT2D eigenvalue weighted by Crippen LogP contribution is -2.06. The SMILES string of the molecule is Oc1ccc2c3c(ccc2c1)C1=C(CCC=C1)CC3.c1ccc2c(c1)[nH]c1ccccc12. The number of aromatic amines is 1. The van der Waals surface area contributed by atoms with E-state index < -0.39 is 0 Å². The van der Waals surface area contributed by atoms with Crippen molar-refractivity contribution in [1.29, 1.82) is 0 Å². The van der Waals surface area contributed by atoms with Gasteiger partial charge in [0, 0.05) is 21.8 Å². The molecule has 0 amide bonds. The second-order valence-corrected chi connectivity index (χ2v) is 8.67. The molecule has 0 bridgehead atoms. The summed E-state index contributed by atoms with van der Waals surface area (Å²) in [5, 5.41) is 14.6. The number of aryl methyl sites for hydroxylation is 1. The van der Waals surface area contributed by atoms with Crippen molar-refractivity contribution in [3.05, 3.63) is 108 Å². The van der Waals surface area contributed by atoms with Gasteiger partial charge in [-0.2, -0.15) is 0 Å². The van der Waals surface area contributed by atoms with Gasteiger partial charge >= 0.3 is 0 Å². The van der Waals surface area contributed by atoms with Gasteiger partial charge in [-0.25, -0.2) is 0 Å². The number of benzene rings is 4. The largest absolute Gasteiger partial charge is 0.508 e. The third kappa shape index (κ3) is 3.20. The summed E-state index contributed by atoms with van der Waals surface area (Å²) in [4.78, 5) is 3.38. The molecule has 1 heterocycles. The Balaban J connectivity index is 0.000000131. The number of nitrogens with one attached hydrogen (secondary N) is 1. The Kier molecular flexibility index (Phi) is 4.57. The van der Waals surface area contributed by atoms with Crippen LogP contribution < -0.4 is 0 Å². The van der Waals surface area contributed by atoms with E-state index in [1.807, 2.05) is 6.07 Å². The molecule has 0 unspecified atom stereocenters. The second-order valence-electron chi connectivity index (χ2n) is 8.67. The van der Waals surface area contributed by atoms with Gasteiger partial charge in [0.2, 0.25) is 0 Å². The van der Waals surface area contributed by atoms with Gasteiger partial charge in [-0.1, -0.05) is 72.3 Å². The molecule has 2 heteroatoms. The fraction of sp³-hybridized carbons (Fsp3) is 0.133. The second kappa shape index (κ2) is 7.72. The molecular weight excluding hydrogens is 390 g/mol. The summed E-state index contributed by atoms with van der Waals surface area (Å²) in [5.41, 5.74) is 8.33. The highest BCUT2D eigenvalue weighted by atomic mass is 16.3. The van der Waals surface area contributed by atoms with Crippen LogP contribution in [-0.2, 0) is 6.42 Å². The van der Waals surface area contributed by atoms with Crippen molar-refractivity contribution >= 4 is 38.2 Å². The van der Waals surface area contributed by atoms with Gasteiger partial charge in [0.05, 0.1) is 0 Å². The highest BCUT2D eigenvalue weighted by Crippen LogP contribution is 2.40. The van der Waals surface area contributed by atoms with E-state index in [9.17, 15) is 5.11 Å². The fourth-order valence-electron chi connectivity index (χ4n) is 5.23. The first-order chi connectivity index (χ1) is 15.8. The van der Waals surface area contributed by atoms with Crippen LogP contribution in [0.5, 0.6) is 5.75 Å². The number of phenols is 1. The first kappa shape index (κ1) is 18.9. The summed E-state index contributed by atoms with van der Waals surface area (Å²) in [6.07, 6.45) is 9.31. The molecule has 0 radical (unpaired) electrons. The Morgan fingerprint density at radius 3 is 2.22 bits per heavy atom. The van der Waals surface area contributed by atoms with E-state index in [1.54, 1.807) is 11.6 Å². The van der Waals surface area contributed by atoms with Crippen LogP contribution in [0.1, 0.15) is 30.4 Å². The van der Waals surface area contributed by atoms with Crippen molar-refractivity contribution in [3.8, 4) is 5.75 Å². The molecule has 0 spiro atoms. The molecule has 1 aromatic heterocycles. The van der Waals surface area contributed by atoms with Crippen molar-refractivity contribution < 1.29 is 5.11 Å². The molecule has 2 nitrogen and oxygen atoms in total. The molecule has 2 aliphatic carbocycles. The highest BCUT2D eigenvalue weighted by molar-refractivity contribution is 6.07. The molecule has 0 aliphatic heterocycles. The zero-order chi connectivity index (χ0) is 21.5. The zero-order valence-corrected chi connectivity index (χ0v) is 17.9. The monoisotopic (exact) mass is 415 g/mol. The lowest BCUT2D eigenvalue weighted by molar-refractivity contribution is 0.476. The number of hydrogen-bond donors (Lipinski definition) is 2. The number of para-hydroxylation sites is 2. The van der Waals surface area contributed by atoms with Crippen molar-refractivity contribution in [3.63, 3.8) is 0 Å². The number of allylic oxidation sites excluding steroid dienone is 4. The molecule has 0 saturated heterocycles. The minimum absolute atomic E-state index is 0.348.